The number of carbonyl (C=O) groups is 1. The van der Waals surface area contributed by atoms with Gasteiger partial charge < -0.3 is 19.9 Å². The zero-order valence-electron chi connectivity index (χ0n) is 23.9. The predicted molar refractivity (Wildman–Crippen MR) is 153 cm³/mol. The number of carbonyl (C=O) groups excluding carboxylic acids is 1. The van der Waals surface area contributed by atoms with Crippen molar-refractivity contribution in [3.8, 4) is 16.9 Å². The molecule has 1 saturated heterocycles. The highest BCUT2D eigenvalue weighted by Gasteiger charge is 2.34. The minimum absolute atomic E-state index is 0.270. The Bertz CT molecular complexity index is 1520. The van der Waals surface area contributed by atoms with Crippen LogP contribution in [0.2, 0.25) is 0 Å². The van der Waals surface area contributed by atoms with Crippen molar-refractivity contribution < 1.29 is 22.7 Å². The fraction of sp³-hybridized carbons (Fsp3) is 0.448. The van der Waals surface area contributed by atoms with Crippen molar-refractivity contribution in [2.24, 2.45) is 5.92 Å². The summed E-state index contributed by atoms with van der Waals surface area (Å²) in [5.74, 6) is 1.26. The van der Waals surface area contributed by atoms with Gasteiger partial charge in [0, 0.05) is 62.8 Å². The zero-order valence-corrected chi connectivity index (χ0v) is 23.9. The van der Waals surface area contributed by atoms with Crippen LogP contribution in [0.1, 0.15) is 32.8 Å². The Morgan fingerprint density at radius 2 is 1.95 bits per heavy atom. The summed E-state index contributed by atoms with van der Waals surface area (Å²) < 4.78 is 45.9. The third kappa shape index (κ3) is 7.19. The maximum Gasteiger partial charge on any atom is 0.397 e. The fourth-order valence-corrected chi connectivity index (χ4v) is 4.87. The van der Waals surface area contributed by atoms with E-state index in [1.54, 1.807) is 6.20 Å². The zero-order chi connectivity index (χ0) is 29.9. The van der Waals surface area contributed by atoms with Crippen LogP contribution < -0.4 is 10.1 Å². The van der Waals surface area contributed by atoms with Gasteiger partial charge in [-0.1, -0.05) is 13.8 Å². The Hall–Kier alpha value is -4.13. The summed E-state index contributed by atoms with van der Waals surface area (Å²) in [6.07, 6.45) is -0.383. The van der Waals surface area contributed by atoms with Crippen LogP contribution in [0.15, 0.2) is 42.9 Å². The number of halogens is 3. The third-order valence-corrected chi connectivity index (χ3v) is 6.99. The van der Waals surface area contributed by atoms with Crippen LogP contribution in [-0.2, 0) is 17.9 Å². The fourth-order valence-electron chi connectivity index (χ4n) is 4.87. The topological polar surface area (TPSA) is 104 Å². The van der Waals surface area contributed by atoms with E-state index in [-0.39, 0.29) is 13.1 Å². The highest BCUT2D eigenvalue weighted by molar-refractivity contribution is 5.92. The van der Waals surface area contributed by atoms with Crippen LogP contribution in [0.3, 0.4) is 0 Å². The molecule has 1 aliphatic rings. The number of hydrogen-bond acceptors (Lipinski definition) is 7. The molecule has 1 aromatic carbocycles. The summed E-state index contributed by atoms with van der Waals surface area (Å²) in [5, 5.41) is 7.66. The lowest BCUT2D eigenvalue weighted by Crippen LogP contribution is -2.49. The smallest absolute Gasteiger partial charge is 0.397 e. The third-order valence-electron chi connectivity index (χ3n) is 6.99. The van der Waals surface area contributed by atoms with Gasteiger partial charge >= 0.3 is 6.18 Å². The van der Waals surface area contributed by atoms with E-state index in [2.05, 4.69) is 39.1 Å². The summed E-state index contributed by atoms with van der Waals surface area (Å²) in [4.78, 5) is 27.8. The van der Waals surface area contributed by atoms with Crippen molar-refractivity contribution >= 4 is 28.7 Å². The number of amides is 1. The van der Waals surface area contributed by atoms with Crippen molar-refractivity contribution in [3.63, 3.8) is 0 Å². The van der Waals surface area contributed by atoms with Gasteiger partial charge in [-0.05, 0) is 42.7 Å². The van der Waals surface area contributed by atoms with Crippen LogP contribution >= 0.6 is 0 Å². The number of alkyl halides is 3. The summed E-state index contributed by atoms with van der Waals surface area (Å²) in [5.41, 5.74) is 4.37. The van der Waals surface area contributed by atoms with Gasteiger partial charge in [0.1, 0.15) is 17.8 Å². The Morgan fingerprint density at radius 3 is 2.64 bits per heavy atom. The monoisotopic (exact) mass is 584 g/mol. The van der Waals surface area contributed by atoms with Gasteiger partial charge in [-0.25, -0.2) is 9.97 Å². The molecule has 224 valence electrons. The molecule has 13 heteroatoms. The molecule has 0 spiro atoms. The number of aromatic nitrogens is 5. The molecule has 1 aliphatic heterocycles. The number of H-pyrrole nitrogens is 1. The number of fused-ring (bicyclic) bond motifs is 1. The van der Waals surface area contributed by atoms with Crippen LogP contribution in [0.4, 0.5) is 24.9 Å². The maximum atomic E-state index is 12.6. The molecule has 1 amide bonds. The van der Waals surface area contributed by atoms with Gasteiger partial charge in [-0.3, -0.25) is 14.4 Å². The normalized spacial score (nSPS) is 14.6. The summed E-state index contributed by atoms with van der Waals surface area (Å²) in [6, 6.07) is 7.78. The molecule has 2 N–H and O–H groups in total. The number of ether oxygens (including phenoxy) is 1. The van der Waals surface area contributed by atoms with Crippen LogP contribution in [0.25, 0.3) is 22.2 Å². The molecule has 4 heterocycles. The standard InChI is InChI=1S/C29H35F3N8O2/c1-4-40-17-21(15-34-40)22-5-6-23-26(27(22)42-18-19(2)3)37-28(35-23)36-24-13-20(7-8-33-24)16-38-9-11-39(12-10-38)25(41)14-29(30,31)32/h5-8,13,15,17,19H,4,9-12,14,16,18H2,1-3H3,(H2,33,35,36,37). The SMILES string of the molecule is CCn1cc(-c2ccc3[nH]c(Nc4cc(CN5CCN(C(=O)CC(F)(F)F)CC5)ccn4)nc3c2OCC(C)C)cn1. The average molecular weight is 585 g/mol. The van der Waals surface area contributed by atoms with E-state index >= 15 is 0 Å². The first-order valence-corrected chi connectivity index (χ1v) is 14.0. The molecule has 5 rings (SSSR count). The lowest BCUT2D eigenvalue weighted by atomic mass is 10.1. The number of imidazole rings is 1. The van der Waals surface area contributed by atoms with Crippen molar-refractivity contribution in [1.82, 2.24) is 34.5 Å². The quantitative estimate of drug-likeness (QED) is 0.264. The van der Waals surface area contributed by atoms with E-state index in [9.17, 15) is 18.0 Å². The van der Waals surface area contributed by atoms with Crippen molar-refractivity contribution in [1.29, 1.82) is 0 Å². The number of pyridine rings is 1. The number of anilines is 2. The number of rotatable bonds is 10. The van der Waals surface area contributed by atoms with Crippen molar-refractivity contribution in [3.05, 3.63) is 48.4 Å². The number of aromatic amines is 1. The van der Waals surface area contributed by atoms with Crippen LogP contribution in [0.5, 0.6) is 5.75 Å². The van der Waals surface area contributed by atoms with E-state index in [1.165, 1.54) is 4.90 Å². The number of nitrogens with zero attached hydrogens (tertiary/aromatic N) is 6. The van der Waals surface area contributed by atoms with E-state index in [1.807, 2.05) is 48.3 Å². The van der Waals surface area contributed by atoms with E-state index in [4.69, 9.17) is 9.72 Å². The van der Waals surface area contributed by atoms with Gasteiger partial charge in [-0.15, -0.1) is 0 Å². The molecule has 0 radical (unpaired) electrons. The number of piperazine rings is 1. The maximum absolute atomic E-state index is 12.6. The number of benzene rings is 1. The molecule has 4 aromatic rings. The molecule has 0 unspecified atom stereocenters. The Kier molecular flexibility index (Phi) is 8.66. The van der Waals surface area contributed by atoms with Crippen LogP contribution in [0, 0.1) is 5.92 Å². The van der Waals surface area contributed by atoms with Crippen molar-refractivity contribution in [2.75, 3.05) is 38.1 Å². The predicted octanol–water partition coefficient (Wildman–Crippen LogP) is 5.22. The lowest BCUT2D eigenvalue weighted by molar-refractivity contribution is -0.162. The Balaban J connectivity index is 1.29. The minimum atomic E-state index is -4.49. The van der Waals surface area contributed by atoms with Gasteiger partial charge in [0.15, 0.2) is 5.75 Å². The first-order valence-electron chi connectivity index (χ1n) is 14.0. The molecule has 0 saturated carbocycles. The van der Waals surface area contributed by atoms with Gasteiger partial charge in [0.2, 0.25) is 11.9 Å². The molecule has 0 atom stereocenters. The molecule has 10 nitrogen and oxygen atoms in total. The minimum Gasteiger partial charge on any atom is -0.490 e. The molecule has 1 fully saturated rings. The molecule has 42 heavy (non-hydrogen) atoms. The number of aryl methyl sites for hydroxylation is 1. The number of nitrogens with one attached hydrogen (secondary N) is 2. The Morgan fingerprint density at radius 1 is 1.17 bits per heavy atom. The molecule has 3 aromatic heterocycles. The second kappa shape index (κ2) is 12.4. The summed E-state index contributed by atoms with van der Waals surface area (Å²) >= 11 is 0. The second-order valence-electron chi connectivity index (χ2n) is 10.8. The first-order chi connectivity index (χ1) is 20.1. The lowest BCUT2D eigenvalue weighted by Gasteiger charge is -2.35. The molecular weight excluding hydrogens is 549 g/mol. The van der Waals surface area contributed by atoms with E-state index in [0.717, 1.165) is 28.8 Å². The van der Waals surface area contributed by atoms with Crippen LogP contribution in [-0.4, -0.2) is 79.4 Å². The van der Waals surface area contributed by atoms with E-state index in [0.29, 0.717) is 55.2 Å². The van der Waals surface area contributed by atoms with E-state index < -0.39 is 18.5 Å². The summed E-state index contributed by atoms with van der Waals surface area (Å²) in [6.45, 7) is 9.66. The van der Waals surface area contributed by atoms with Gasteiger partial charge in [0.05, 0.1) is 18.3 Å². The highest BCUT2D eigenvalue weighted by atomic mass is 19.4. The molecule has 0 aliphatic carbocycles. The molecular formula is C29H35F3N8O2. The molecule has 0 bridgehead atoms. The Labute approximate surface area is 241 Å². The van der Waals surface area contributed by atoms with Gasteiger partial charge in [-0.2, -0.15) is 18.3 Å². The average Bonchev–Trinajstić information content (AvgIpc) is 3.58. The first kappa shape index (κ1) is 29.4. The number of hydrogen-bond donors (Lipinski definition) is 2. The van der Waals surface area contributed by atoms with Crippen molar-refractivity contribution in [2.45, 2.75) is 46.5 Å². The summed E-state index contributed by atoms with van der Waals surface area (Å²) in [7, 11) is 0. The largest absolute Gasteiger partial charge is 0.490 e. The van der Waals surface area contributed by atoms with Gasteiger partial charge in [0.25, 0.3) is 0 Å². The second-order valence-corrected chi connectivity index (χ2v) is 10.8. The highest BCUT2D eigenvalue weighted by Crippen LogP contribution is 2.37.